The van der Waals surface area contributed by atoms with Crippen molar-refractivity contribution in [3.8, 4) is 0 Å². The van der Waals surface area contributed by atoms with Gasteiger partial charge < -0.3 is 0 Å². The van der Waals surface area contributed by atoms with Crippen molar-refractivity contribution in [3.63, 3.8) is 0 Å². The number of Topliss-reactive ketones (excluding diaryl/α,β-unsaturated/α-hetero) is 1. The molecule has 0 saturated heterocycles. The molecule has 0 spiro atoms. The van der Waals surface area contributed by atoms with E-state index in [2.05, 4.69) is 27.4 Å². The Morgan fingerprint density at radius 3 is 2.56 bits per heavy atom. The summed E-state index contributed by atoms with van der Waals surface area (Å²) in [5, 5.41) is 0. The molecular formula is C15H24O. The first kappa shape index (κ1) is 11.9. The number of carbonyl (C=O) groups is 1. The van der Waals surface area contributed by atoms with Crippen molar-refractivity contribution < 1.29 is 4.79 Å². The van der Waals surface area contributed by atoms with Gasteiger partial charge in [0.05, 0.1) is 0 Å². The van der Waals surface area contributed by atoms with Crippen molar-refractivity contribution in [2.45, 2.75) is 52.9 Å². The summed E-state index contributed by atoms with van der Waals surface area (Å²) in [6.45, 7) is 11.0. The maximum Gasteiger partial charge on any atom is 0.136 e. The molecule has 0 N–H and O–H groups in total. The van der Waals surface area contributed by atoms with E-state index in [1.165, 1.54) is 18.4 Å². The Morgan fingerprint density at radius 2 is 1.94 bits per heavy atom. The zero-order valence-corrected chi connectivity index (χ0v) is 10.9. The summed E-state index contributed by atoms with van der Waals surface area (Å²) < 4.78 is 0. The van der Waals surface area contributed by atoms with Crippen LogP contribution in [0.3, 0.4) is 0 Å². The minimum Gasteiger partial charge on any atom is -0.299 e. The van der Waals surface area contributed by atoms with Gasteiger partial charge in [0.2, 0.25) is 0 Å². The minimum atomic E-state index is 0.267. The number of hydrogen-bond acceptors (Lipinski definition) is 1. The Balaban J connectivity index is 2.12. The molecule has 0 aliphatic heterocycles. The number of allylic oxidation sites excluding steroid dienone is 1. The number of fused-ring (bicyclic) bond motifs is 1. The van der Waals surface area contributed by atoms with Crippen molar-refractivity contribution in [2.24, 2.45) is 23.2 Å². The van der Waals surface area contributed by atoms with E-state index in [-0.39, 0.29) is 5.92 Å². The first-order valence-electron chi connectivity index (χ1n) is 6.62. The molecule has 0 aromatic rings. The van der Waals surface area contributed by atoms with Crippen LogP contribution < -0.4 is 0 Å². The third kappa shape index (κ3) is 1.97. The van der Waals surface area contributed by atoms with Crippen LogP contribution in [-0.4, -0.2) is 5.78 Å². The van der Waals surface area contributed by atoms with Gasteiger partial charge in [-0.25, -0.2) is 0 Å². The highest BCUT2D eigenvalue weighted by Gasteiger charge is 2.47. The fourth-order valence-corrected chi connectivity index (χ4v) is 3.57. The van der Waals surface area contributed by atoms with Crippen molar-refractivity contribution >= 4 is 5.78 Å². The molecular weight excluding hydrogens is 196 g/mol. The highest BCUT2D eigenvalue weighted by Crippen LogP contribution is 2.56. The van der Waals surface area contributed by atoms with E-state index in [0.29, 0.717) is 17.1 Å². The molecule has 2 fully saturated rings. The average molecular weight is 220 g/mol. The molecule has 0 heterocycles. The zero-order chi connectivity index (χ0) is 11.9. The van der Waals surface area contributed by atoms with E-state index in [0.717, 1.165) is 25.2 Å². The highest BCUT2D eigenvalue weighted by atomic mass is 16.1. The topological polar surface area (TPSA) is 17.1 Å². The molecule has 2 aliphatic carbocycles. The smallest absolute Gasteiger partial charge is 0.136 e. The van der Waals surface area contributed by atoms with Crippen LogP contribution in [0.15, 0.2) is 12.2 Å². The lowest BCUT2D eigenvalue weighted by Crippen LogP contribution is -2.44. The summed E-state index contributed by atoms with van der Waals surface area (Å²) in [6.07, 6.45) is 5.23. The van der Waals surface area contributed by atoms with E-state index in [1.807, 2.05) is 0 Å². The van der Waals surface area contributed by atoms with Crippen LogP contribution in [0.1, 0.15) is 52.9 Å². The number of rotatable bonds is 0. The average Bonchev–Trinajstić information content (AvgIpc) is 2.24. The van der Waals surface area contributed by atoms with Gasteiger partial charge in [-0.05, 0) is 42.9 Å². The Kier molecular flexibility index (Phi) is 2.98. The fourth-order valence-electron chi connectivity index (χ4n) is 3.57. The number of ketones is 1. The van der Waals surface area contributed by atoms with Gasteiger partial charge in [-0.1, -0.05) is 32.9 Å². The SMILES string of the molecule is C=C1CCC(=O)C(C)CCC2C1CC2(C)C. The predicted octanol–water partition coefficient (Wildman–Crippen LogP) is 3.98. The summed E-state index contributed by atoms with van der Waals surface area (Å²) in [4.78, 5) is 11.8. The number of hydrogen-bond donors (Lipinski definition) is 0. The first-order chi connectivity index (χ1) is 7.42. The van der Waals surface area contributed by atoms with Gasteiger partial charge in [0, 0.05) is 12.3 Å². The van der Waals surface area contributed by atoms with Crippen molar-refractivity contribution in [1.82, 2.24) is 0 Å². The molecule has 16 heavy (non-hydrogen) atoms. The van der Waals surface area contributed by atoms with Crippen LogP contribution in [0.2, 0.25) is 0 Å². The van der Waals surface area contributed by atoms with E-state index in [1.54, 1.807) is 0 Å². The van der Waals surface area contributed by atoms with Crippen LogP contribution in [-0.2, 0) is 4.79 Å². The van der Waals surface area contributed by atoms with Gasteiger partial charge in [-0.3, -0.25) is 4.79 Å². The molecule has 2 aliphatic rings. The van der Waals surface area contributed by atoms with Gasteiger partial charge >= 0.3 is 0 Å². The van der Waals surface area contributed by atoms with Crippen LogP contribution in [0.5, 0.6) is 0 Å². The quantitative estimate of drug-likeness (QED) is 0.564. The molecule has 0 aromatic carbocycles. The van der Waals surface area contributed by atoms with Crippen LogP contribution >= 0.6 is 0 Å². The van der Waals surface area contributed by atoms with E-state index < -0.39 is 0 Å². The van der Waals surface area contributed by atoms with Gasteiger partial charge in [0.15, 0.2) is 0 Å². The molecule has 90 valence electrons. The third-order valence-corrected chi connectivity index (χ3v) is 4.91. The summed E-state index contributed by atoms with van der Waals surface area (Å²) in [6, 6.07) is 0. The summed E-state index contributed by atoms with van der Waals surface area (Å²) in [5.74, 6) is 2.18. The van der Waals surface area contributed by atoms with Crippen LogP contribution in [0.25, 0.3) is 0 Å². The predicted molar refractivity (Wildman–Crippen MR) is 67.2 cm³/mol. The summed E-state index contributed by atoms with van der Waals surface area (Å²) in [5.41, 5.74) is 1.81. The lowest BCUT2D eigenvalue weighted by molar-refractivity contribution is -0.122. The fraction of sp³-hybridized carbons (Fsp3) is 0.800. The first-order valence-corrected chi connectivity index (χ1v) is 6.62. The third-order valence-electron chi connectivity index (χ3n) is 4.91. The maximum atomic E-state index is 11.8. The summed E-state index contributed by atoms with van der Waals surface area (Å²) >= 11 is 0. The van der Waals surface area contributed by atoms with Crippen molar-refractivity contribution in [1.29, 1.82) is 0 Å². The van der Waals surface area contributed by atoms with Crippen LogP contribution in [0.4, 0.5) is 0 Å². The number of carbonyl (C=O) groups excluding carboxylic acids is 1. The maximum absolute atomic E-state index is 11.8. The second kappa shape index (κ2) is 4.01. The molecule has 3 unspecified atom stereocenters. The molecule has 2 rings (SSSR count). The Bertz CT molecular complexity index is 313. The standard InChI is InChI=1S/C15H24O/c1-10-6-8-14(16)11(2)5-7-13-12(10)9-15(13,3)4/h11-13H,1,5-9H2,2-4H3. The molecule has 1 heteroatoms. The Hall–Kier alpha value is -0.590. The molecule has 0 radical (unpaired) electrons. The molecule has 2 saturated carbocycles. The van der Waals surface area contributed by atoms with Crippen LogP contribution in [0, 0.1) is 23.2 Å². The van der Waals surface area contributed by atoms with Gasteiger partial charge in [0.1, 0.15) is 5.78 Å². The second-order valence-corrected chi connectivity index (χ2v) is 6.51. The largest absolute Gasteiger partial charge is 0.299 e. The highest BCUT2D eigenvalue weighted by molar-refractivity contribution is 5.80. The van der Waals surface area contributed by atoms with Gasteiger partial charge in [-0.15, -0.1) is 0 Å². The minimum absolute atomic E-state index is 0.267. The van der Waals surface area contributed by atoms with E-state index >= 15 is 0 Å². The van der Waals surface area contributed by atoms with Gasteiger partial charge in [0.25, 0.3) is 0 Å². The molecule has 1 nitrogen and oxygen atoms in total. The zero-order valence-electron chi connectivity index (χ0n) is 10.9. The van der Waals surface area contributed by atoms with E-state index in [4.69, 9.17) is 0 Å². The summed E-state index contributed by atoms with van der Waals surface area (Å²) in [7, 11) is 0. The molecule has 0 amide bonds. The second-order valence-electron chi connectivity index (χ2n) is 6.51. The van der Waals surface area contributed by atoms with E-state index in [9.17, 15) is 4.79 Å². The Labute approximate surface area is 99.3 Å². The molecule has 0 bridgehead atoms. The lowest BCUT2D eigenvalue weighted by Gasteiger charge is -2.53. The monoisotopic (exact) mass is 220 g/mol. The van der Waals surface area contributed by atoms with Gasteiger partial charge in [-0.2, -0.15) is 0 Å². The molecule has 3 atom stereocenters. The normalized spacial score (nSPS) is 39.1. The Morgan fingerprint density at radius 1 is 1.25 bits per heavy atom. The molecule has 0 aromatic heterocycles. The van der Waals surface area contributed by atoms with Crippen molar-refractivity contribution in [2.75, 3.05) is 0 Å². The lowest BCUT2D eigenvalue weighted by atomic mass is 9.52. The van der Waals surface area contributed by atoms with Crippen molar-refractivity contribution in [3.05, 3.63) is 12.2 Å².